The van der Waals surface area contributed by atoms with E-state index in [1.54, 1.807) is 14.2 Å². The van der Waals surface area contributed by atoms with E-state index in [0.29, 0.717) is 6.10 Å². The molecule has 0 aliphatic carbocycles. The highest BCUT2D eigenvalue weighted by Crippen LogP contribution is 2.30. The number of rotatable bonds is 7. The van der Waals surface area contributed by atoms with Crippen LogP contribution in [0.25, 0.3) is 0 Å². The molecular weight excluding hydrogens is 254 g/mol. The average Bonchev–Trinajstić information content (AvgIpc) is 2.99. The highest BCUT2D eigenvalue weighted by molar-refractivity contribution is 5.39. The molecule has 0 bridgehead atoms. The van der Waals surface area contributed by atoms with Gasteiger partial charge in [-0.1, -0.05) is 6.92 Å². The van der Waals surface area contributed by atoms with E-state index < -0.39 is 0 Å². The Morgan fingerprint density at radius 2 is 1.95 bits per heavy atom. The molecule has 1 aromatic rings. The van der Waals surface area contributed by atoms with Gasteiger partial charge in [-0.05, 0) is 43.5 Å². The number of nitrogens with one attached hydrogen (secondary N) is 1. The Labute approximate surface area is 121 Å². The monoisotopic (exact) mass is 279 g/mol. The molecule has 0 radical (unpaired) electrons. The third kappa shape index (κ3) is 3.87. The lowest BCUT2D eigenvalue weighted by Gasteiger charge is -2.22. The van der Waals surface area contributed by atoms with Gasteiger partial charge in [-0.2, -0.15) is 0 Å². The van der Waals surface area contributed by atoms with Gasteiger partial charge in [0.15, 0.2) is 0 Å². The van der Waals surface area contributed by atoms with Gasteiger partial charge in [0.2, 0.25) is 0 Å². The fraction of sp³-hybridized carbons (Fsp3) is 0.625. The predicted molar refractivity (Wildman–Crippen MR) is 79.6 cm³/mol. The van der Waals surface area contributed by atoms with Crippen molar-refractivity contribution in [2.45, 2.75) is 38.3 Å². The SMILES string of the molecule is CCNC(CC1CCCO1)c1cc(OC)cc(OC)c1. The van der Waals surface area contributed by atoms with Crippen LogP contribution in [0.4, 0.5) is 0 Å². The van der Waals surface area contributed by atoms with Crippen molar-refractivity contribution in [3.63, 3.8) is 0 Å². The van der Waals surface area contributed by atoms with Crippen LogP contribution in [0.3, 0.4) is 0 Å². The van der Waals surface area contributed by atoms with Crippen LogP contribution in [0.5, 0.6) is 11.5 Å². The zero-order valence-electron chi connectivity index (χ0n) is 12.6. The topological polar surface area (TPSA) is 39.7 Å². The van der Waals surface area contributed by atoms with Crippen LogP contribution in [-0.2, 0) is 4.74 Å². The van der Waals surface area contributed by atoms with Crippen molar-refractivity contribution in [2.24, 2.45) is 0 Å². The Morgan fingerprint density at radius 3 is 2.45 bits per heavy atom. The molecule has 2 unspecified atom stereocenters. The summed E-state index contributed by atoms with van der Waals surface area (Å²) in [6.07, 6.45) is 3.68. The van der Waals surface area contributed by atoms with E-state index in [9.17, 15) is 0 Å². The quantitative estimate of drug-likeness (QED) is 0.833. The van der Waals surface area contributed by atoms with Gasteiger partial charge in [0.05, 0.1) is 20.3 Å². The summed E-state index contributed by atoms with van der Waals surface area (Å²) in [5.41, 5.74) is 1.19. The predicted octanol–water partition coefficient (Wildman–Crippen LogP) is 2.92. The Bertz CT molecular complexity index is 394. The molecule has 4 nitrogen and oxygen atoms in total. The second kappa shape index (κ2) is 7.50. The molecule has 1 aliphatic rings. The zero-order chi connectivity index (χ0) is 14.4. The van der Waals surface area contributed by atoms with Crippen molar-refractivity contribution in [1.82, 2.24) is 5.32 Å². The third-order valence-electron chi connectivity index (χ3n) is 3.75. The molecule has 1 saturated heterocycles. The molecule has 0 spiro atoms. The smallest absolute Gasteiger partial charge is 0.122 e. The Hall–Kier alpha value is -1.26. The molecule has 112 valence electrons. The minimum atomic E-state index is 0.270. The maximum atomic E-state index is 5.76. The summed E-state index contributed by atoms with van der Waals surface area (Å²) in [6.45, 7) is 3.95. The fourth-order valence-electron chi connectivity index (χ4n) is 2.71. The van der Waals surface area contributed by atoms with E-state index >= 15 is 0 Å². The first-order valence-electron chi connectivity index (χ1n) is 7.34. The number of ether oxygens (including phenoxy) is 3. The van der Waals surface area contributed by atoms with Gasteiger partial charge in [-0.3, -0.25) is 0 Å². The average molecular weight is 279 g/mol. The lowest BCUT2D eigenvalue weighted by Crippen LogP contribution is -2.25. The Balaban J connectivity index is 2.17. The van der Waals surface area contributed by atoms with Gasteiger partial charge in [0.1, 0.15) is 11.5 Å². The van der Waals surface area contributed by atoms with Crippen molar-refractivity contribution in [3.8, 4) is 11.5 Å². The summed E-state index contributed by atoms with van der Waals surface area (Å²) in [6, 6.07) is 6.32. The molecule has 2 atom stereocenters. The molecule has 1 heterocycles. The number of benzene rings is 1. The van der Waals surface area contributed by atoms with E-state index in [0.717, 1.165) is 37.5 Å². The van der Waals surface area contributed by atoms with Gasteiger partial charge < -0.3 is 19.5 Å². The summed E-state index contributed by atoms with van der Waals surface area (Å²) in [4.78, 5) is 0. The first-order chi connectivity index (χ1) is 9.76. The Morgan fingerprint density at radius 1 is 1.25 bits per heavy atom. The molecule has 0 saturated carbocycles. The standard InChI is InChI=1S/C16H25NO3/c1-4-17-16(11-13-6-5-7-20-13)12-8-14(18-2)10-15(9-12)19-3/h8-10,13,16-17H,4-7,11H2,1-3H3. The van der Waals surface area contributed by atoms with E-state index in [2.05, 4.69) is 24.4 Å². The van der Waals surface area contributed by atoms with Crippen LogP contribution < -0.4 is 14.8 Å². The van der Waals surface area contributed by atoms with Gasteiger partial charge in [0, 0.05) is 18.7 Å². The summed E-state index contributed by atoms with van der Waals surface area (Å²) in [7, 11) is 3.36. The van der Waals surface area contributed by atoms with E-state index in [4.69, 9.17) is 14.2 Å². The molecule has 1 aromatic carbocycles. The van der Waals surface area contributed by atoms with Crippen LogP contribution in [-0.4, -0.2) is 33.5 Å². The molecule has 2 rings (SSSR count). The summed E-state index contributed by atoms with van der Waals surface area (Å²) >= 11 is 0. The van der Waals surface area contributed by atoms with Crippen LogP contribution in [0.1, 0.15) is 37.8 Å². The van der Waals surface area contributed by atoms with E-state index in [-0.39, 0.29) is 6.04 Å². The number of methoxy groups -OCH3 is 2. The van der Waals surface area contributed by atoms with Crippen LogP contribution in [0.15, 0.2) is 18.2 Å². The molecule has 1 N–H and O–H groups in total. The largest absolute Gasteiger partial charge is 0.497 e. The van der Waals surface area contributed by atoms with Gasteiger partial charge >= 0.3 is 0 Å². The van der Waals surface area contributed by atoms with Crippen molar-refractivity contribution in [2.75, 3.05) is 27.4 Å². The van der Waals surface area contributed by atoms with E-state index in [1.807, 2.05) is 6.07 Å². The lowest BCUT2D eigenvalue weighted by molar-refractivity contribution is 0.0947. The van der Waals surface area contributed by atoms with Gasteiger partial charge in [0.25, 0.3) is 0 Å². The summed E-state index contributed by atoms with van der Waals surface area (Å²) in [5.74, 6) is 1.66. The minimum Gasteiger partial charge on any atom is -0.497 e. The van der Waals surface area contributed by atoms with Crippen molar-refractivity contribution < 1.29 is 14.2 Å². The summed E-state index contributed by atoms with van der Waals surface area (Å²) < 4.78 is 16.5. The molecule has 1 fully saturated rings. The summed E-state index contributed by atoms with van der Waals surface area (Å²) in [5, 5.41) is 3.54. The molecular formula is C16H25NO3. The Kier molecular flexibility index (Phi) is 5.68. The first kappa shape index (κ1) is 15.1. The molecule has 4 heteroatoms. The van der Waals surface area contributed by atoms with Gasteiger partial charge in [-0.25, -0.2) is 0 Å². The van der Waals surface area contributed by atoms with Crippen LogP contribution in [0, 0.1) is 0 Å². The van der Waals surface area contributed by atoms with Gasteiger partial charge in [-0.15, -0.1) is 0 Å². The second-order valence-corrected chi connectivity index (χ2v) is 5.13. The van der Waals surface area contributed by atoms with Crippen molar-refractivity contribution >= 4 is 0 Å². The second-order valence-electron chi connectivity index (χ2n) is 5.13. The molecule has 0 amide bonds. The lowest BCUT2D eigenvalue weighted by atomic mass is 9.98. The van der Waals surface area contributed by atoms with E-state index in [1.165, 1.54) is 12.0 Å². The maximum absolute atomic E-state index is 5.76. The molecule has 0 aromatic heterocycles. The number of hydrogen-bond acceptors (Lipinski definition) is 4. The maximum Gasteiger partial charge on any atom is 0.122 e. The first-order valence-corrected chi connectivity index (χ1v) is 7.34. The number of hydrogen-bond donors (Lipinski definition) is 1. The van der Waals surface area contributed by atoms with Crippen molar-refractivity contribution in [1.29, 1.82) is 0 Å². The molecule has 1 aliphatic heterocycles. The van der Waals surface area contributed by atoms with Crippen LogP contribution in [0.2, 0.25) is 0 Å². The molecule has 20 heavy (non-hydrogen) atoms. The minimum absolute atomic E-state index is 0.270. The van der Waals surface area contributed by atoms with Crippen molar-refractivity contribution in [3.05, 3.63) is 23.8 Å². The zero-order valence-corrected chi connectivity index (χ0v) is 12.6. The third-order valence-corrected chi connectivity index (χ3v) is 3.75. The highest BCUT2D eigenvalue weighted by atomic mass is 16.5. The van der Waals surface area contributed by atoms with Crippen LogP contribution >= 0.6 is 0 Å². The normalized spacial score (nSPS) is 19.9. The highest BCUT2D eigenvalue weighted by Gasteiger charge is 2.22. The fourth-order valence-corrected chi connectivity index (χ4v) is 2.71.